The minimum atomic E-state index is -1.09. The van der Waals surface area contributed by atoms with E-state index in [1.807, 2.05) is 0 Å². The van der Waals surface area contributed by atoms with Crippen molar-refractivity contribution >= 4 is 5.97 Å². The van der Waals surface area contributed by atoms with E-state index in [1.54, 1.807) is 0 Å². The summed E-state index contributed by atoms with van der Waals surface area (Å²) in [5.74, 6) is -3.11. The Morgan fingerprint density at radius 2 is 2.00 bits per heavy atom. The first-order chi connectivity index (χ1) is 6.61. The van der Waals surface area contributed by atoms with Crippen LogP contribution in [-0.4, -0.2) is 11.1 Å². The molecule has 2 nitrogen and oxygen atoms in total. The fourth-order valence-corrected chi connectivity index (χ4v) is 1.92. The molecule has 0 aromatic heterocycles. The van der Waals surface area contributed by atoms with Crippen LogP contribution >= 0.6 is 0 Å². The van der Waals surface area contributed by atoms with Gasteiger partial charge in [-0.05, 0) is 30.5 Å². The first kappa shape index (κ1) is 9.12. The van der Waals surface area contributed by atoms with Gasteiger partial charge in [-0.3, -0.25) is 4.79 Å². The highest BCUT2D eigenvalue weighted by molar-refractivity contribution is 5.78. The Morgan fingerprint density at radius 1 is 1.36 bits per heavy atom. The second kappa shape index (κ2) is 3.04. The van der Waals surface area contributed by atoms with Crippen molar-refractivity contribution in [3.05, 3.63) is 34.9 Å². The van der Waals surface area contributed by atoms with Crippen molar-refractivity contribution in [1.29, 1.82) is 0 Å². The van der Waals surface area contributed by atoms with Gasteiger partial charge in [-0.1, -0.05) is 0 Å². The Balaban J connectivity index is 2.58. The summed E-state index contributed by atoms with van der Waals surface area (Å²) in [5.41, 5.74) is 0.245. The van der Waals surface area contributed by atoms with Crippen LogP contribution in [-0.2, 0) is 11.2 Å². The number of hydrogen-bond donors (Lipinski definition) is 1. The SMILES string of the molecule is O=C(O)[C@H]1CCc2c(F)ccc(F)c21. The van der Waals surface area contributed by atoms with E-state index in [0.29, 0.717) is 6.42 Å². The number of carbonyl (C=O) groups is 1. The second-order valence-electron chi connectivity index (χ2n) is 3.35. The van der Waals surface area contributed by atoms with E-state index >= 15 is 0 Å². The van der Waals surface area contributed by atoms with E-state index in [9.17, 15) is 13.6 Å². The molecular weight excluding hydrogens is 190 g/mol. The van der Waals surface area contributed by atoms with Gasteiger partial charge >= 0.3 is 5.97 Å². The van der Waals surface area contributed by atoms with Gasteiger partial charge in [0, 0.05) is 5.56 Å². The summed E-state index contributed by atoms with van der Waals surface area (Å²) in [5, 5.41) is 8.79. The van der Waals surface area contributed by atoms with Crippen LogP contribution in [0.4, 0.5) is 8.78 Å². The Labute approximate surface area is 79.2 Å². The normalized spacial score (nSPS) is 19.4. The Bertz CT molecular complexity index is 401. The molecule has 1 aromatic carbocycles. The number of halogens is 2. The van der Waals surface area contributed by atoms with E-state index < -0.39 is 23.5 Å². The molecule has 1 aliphatic rings. The van der Waals surface area contributed by atoms with Crippen LogP contribution in [0.2, 0.25) is 0 Å². The highest BCUT2D eigenvalue weighted by Crippen LogP contribution is 2.36. The lowest BCUT2D eigenvalue weighted by molar-refractivity contribution is -0.138. The van der Waals surface area contributed by atoms with Gasteiger partial charge in [0.25, 0.3) is 0 Å². The topological polar surface area (TPSA) is 37.3 Å². The van der Waals surface area contributed by atoms with Crippen LogP contribution in [0.15, 0.2) is 12.1 Å². The van der Waals surface area contributed by atoms with Crippen molar-refractivity contribution in [2.75, 3.05) is 0 Å². The van der Waals surface area contributed by atoms with Gasteiger partial charge in [-0.2, -0.15) is 0 Å². The molecule has 0 spiro atoms. The third kappa shape index (κ3) is 1.18. The number of carboxylic acids is 1. The number of aliphatic carboxylic acids is 1. The zero-order chi connectivity index (χ0) is 10.3. The molecule has 1 N–H and O–H groups in total. The highest BCUT2D eigenvalue weighted by Gasteiger charge is 2.33. The van der Waals surface area contributed by atoms with E-state index in [0.717, 1.165) is 12.1 Å². The van der Waals surface area contributed by atoms with E-state index in [-0.39, 0.29) is 17.5 Å². The van der Waals surface area contributed by atoms with Crippen LogP contribution in [0.25, 0.3) is 0 Å². The summed E-state index contributed by atoms with van der Waals surface area (Å²) in [6.07, 6.45) is 0.582. The largest absolute Gasteiger partial charge is 0.481 e. The monoisotopic (exact) mass is 198 g/mol. The molecular formula is C10H8F2O2. The maximum atomic E-state index is 13.3. The summed E-state index contributed by atoms with van der Waals surface area (Å²) in [6.45, 7) is 0. The lowest BCUT2D eigenvalue weighted by Gasteiger charge is -2.06. The standard InChI is InChI=1S/C10H8F2O2/c11-7-3-4-8(12)9-5(7)1-2-6(9)10(13)14/h3-4,6H,1-2H2,(H,13,14)/t6-/m0/s1. The first-order valence-corrected chi connectivity index (χ1v) is 4.31. The molecule has 4 heteroatoms. The molecule has 0 unspecified atom stereocenters. The third-order valence-corrected chi connectivity index (χ3v) is 2.58. The molecule has 0 saturated carbocycles. The number of carboxylic acid groups (broad SMARTS) is 1. The fourth-order valence-electron chi connectivity index (χ4n) is 1.92. The molecule has 74 valence electrons. The molecule has 0 radical (unpaired) electrons. The summed E-state index contributed by atoms with van der Waals surface area (Å²) in [6, 6.07) is 2.02. The predicted molar refractivity (Wildman–Crippen MR) is 45.1 cm³/mol. The third-order valence-electron chi connectivity index (χ3n) is 2.58. The van der Waals surface area contributed by atoms with Crippen LogP contribution in [0.5, 0.6) is 0 Å². The average Bonchev–Trinajstić information content (AvgIpc) is 2.56. The molecule has 0 bridgehead atoms. The smallest absolute Gasteiger partial charge is 0.311 e. The number of hydrogen-bond acceptors (Lipinski definition) is 1. The molecule has 1 aromatic rings. The highest BCUT2D eigenvalue weighted by atomic mass is 19.1. The zero-order valence-corrected chi connectivity index (χ0v) is 7.26. The molecule has 14 heavy (non-hydrogen) atoms. The van der Waals surface area contributed by atoms with Crippen molar-refractivity contribution < 1.29 is 18.7 Å². The lowest BCUT2D eigenvalue weighted by atomic mass is 10.0. The number of benzene rings is 1. The molecule has 1 atom stereocenters. The summed E-state index contributed by atoms with van der Waals surface area (Å²) in [7, 11) is 0. The van der Waals surface area contributed by atoms with Gasteiger partial charge in [-0.15, -0.1) is 0 Å². The van der Waals surface area contributed by atoms with Crippen LogP contribution < -0.4 is 0 Å². The summed E-state index contributed by atoms with van der Waals surface area (Å²) < 4.78 is 26.4. The number of rotatable bonds is 1. The average molecular weight is 198 g/mol. The molecule has 0 saturated heterocycles. The Hall–Kier alpha value is -1.45. The van der Waals surface area contributed by atoms with E-state index in [2.05, 4.69) is 0 Å². The van der Waals surface area contributed by atoms with Crippen molar-refractivity contribution in [3.8, 4) is 0 Å². The van der Waals surface area contributed by atoms with Crippen molar-refractivity contribution in [3.63, 3.8) is 0 Å². The zero-order valence-electron chi connectivity index (χ0n) is 7.26. The van der Waals surface area contributed by atoms with Crippen LogP contribution in [0, 0.1) is 11.6 Å². The summed E-state index contributed by atoms with van der Waals surface area (Å²) >= 11 is 0. The van der Waals surface area contributed by atoms with Gasteiger partial charge in [0.15, 0.2) is 0 Å². The second-order valence-corrected chi connectivity index (χ2v) is 3.35. The van der Waals surface area contributed by atoms with Gasteiger partial charge < -0.3 is 5.11 Å². The summed E-state index contributed by atoms with van der Waals surface area (Å²) in [4.78, 5) is 10.7. The van der Waals surface area contributed by atoms with Gasteiger partial charge in [0.05, 0.1) is 5.92 Å². The van der Waals surface area contributed by atoms with Gasteiger partial charge in [0.1, 0.15) is 11.6 Å². The lowest BCUT2D eigenvalue weighted by Crippen LogP contribution is -2.09. The van der Waals surface area contributed by atoms with Gasteiger partial charge in [-0.25, -0.2) is 8.78 Å². The van der Waals surface area contributed by atoms with Gasteiger partial charge in [0.2, 0.25) is 0 Å². The quantitative estimate of drug-likeness (QED) is 0.750. The molecule has 2 rings (SSSR count). The van der Waals surface area contributed by atoms with Crippen molar-refractivity contribution in [2.24, 2.45) is 0 Å². The molecule has 0 aliphatic heterocycles. The molecule has 0 amide bonds. The van der Waals surface area contributed by atoms with Crippen LogP contribution in [0.3, 0.4) is 0 Å². The minimum absolute atomic E-state index is 0.0255. The maximum absolute atomic E-state index is 13.3. The van der Waals surface area contributed by atoms with E-state index in [4.69, 9.17) is 5.11 Å². The van der Waals surface area contributed by atoms with Crippen LogP contribution in [0.1, 0.15) is 23.5 Å². The molecule has 0 heterocycles. The fraction of sp³-hybridized carbons (Fsp3) is 0.300. The number of fused-ring (bicyclic) bond motifs is 1. The minimum Gasteiger partial charge on any atom is -0.481 e. The van der Waals surface area contributed by atoms with Crippen molar-refractivity contribution in [1.82, 2.24) is 0 Å². The maximum Gasteiger partial charge on any atom is 0.311 e. The Kier molecular flexibility index (Phi) is 1.98. The Morgan fingerprint density at radius 3 is 2.64 bits per heavy atom. The molecule has 1 aliphatic carbocycles. The van der Waals surface area contributed by atoms with Crippen molar-refractivity contribution in [2.45, 2.75) is 18.8 Å². The predicted octanol–water partition coefficient (Wildman–Crippen LogP) is 2.08. The van der Waals surface area contributed by atoms with E-state index in [1.165, 1.54) is 0 Å². The first-order valence-electron chi connectivity index (χ1n) is 4.31. The molecule has 0 fully saturated rings.